The molecule has 4 N–H and O–H groups in total. The van der Waals surface area contributed by atoms with Gasteiger partial charge in [-0.05, 0) is 42.5 Å². The second-order valence-corrected chi connectivity index (χ2v) is 4.81. The fourth-order valence-corrected chi connectivity index (χ4v) is 2.82. The first kappa shape index (κ1) is 13.3. The zero-order chi connectivity index (χ0) is 13.0. The molecule has 100 valence electrons. The number of hydrogen-bond donors (Lipinski definition) is 3. The van der Waals surface area contributed by atoms with E-state index < -0.39 is 0 Å². The van der Waals surface area contributed by atoms with E-state index in [4.69, 9.17) is 15.6 Å². The molecule has 18 heavy (non-hydrogen) atoms. The molecule has 0 bridgehead atoms. The minimum Gasteiger partial charge on any atom is -0.497 e. The molecule has 0 saturated carbocycles. The van der Waals surface area contributed by atoms with Gasteiger partial charge in [0.15, 0.2) is 0 Å². The molecule has 0 saturated heterocycles. The molecular formula is C14H22N2O2. The highest BCUT2D eigenvalue weighted by molar-refractivity contribution is 5.42. The maximum atomic E-state index is 9.03. The molecule has 0 aliphatic heterocycles. The van der Waals surface area contributed by atoms with Gasteiger partial charge in [-0.1, -0.05) is 6.07 Å². The lowest BCUT2D eigenvalue weighted by molar-refractivity contribution is 0.236. The molecule has 0 amide bonds. The van der Waals surface area contributed by atoms with Gasteiger partial charge in [0.1, 0.15) is 5.75 Å². The molecule has 0 heterocycles. The van der Waals surface area contributed by atoms with Crippen LogP contribution in [0.4, 0.5) is 0 Å². The molecule has 1 unspecified atom stereocenters. The number of methoxy groups -OCH3 is 1. The number of aliphatic hydroxyl groups is 1. The van der Waals surface area contributed by atoms with Crippen molar-refractivity contribution in [3.8, 4) is 5.75 Å². The number of hydrogen-bond acceptors (Lipinski definition) is 4. The third-order valence-corrected chi connectivity index (χ3v) is 3.81. The molecule has 1 aliphatic carbocycles. The lowest BCUT2D eigenvalue weighted by Crippen LogP contribution is -2.51. The van der Waals surface area contributed by atoms with Crippen molar-refractivity contribution >= 4 is 0 Å². The molecule has 1 aromatic rings. The van der Waals surface area contributed by atoms with Gasteiger partial charge in [0.2, 0.25) is 0 Å². The lowest BCUT2D eigenvalue weighted by atomic mass is 9.76. The van der Waals surface area contributed by atoms with Gasteiger partial charge in [-0.25, -0.2) is 0 Å². The molecule has 1 atom stereocenters. The van der Waals surface area contributed by atoms with Crippen LogP contribution >= 0.6 is 0 Å². The second kappa shape index (κ2) is 5.69. The van der Waals surface area contributed by atoms with Gasteiger partial charge in [-0.2, -0.15) is 0 Å². The third-order valence-electron chi connectivity index (χ3n) is 3.81. The van der Waals surface area contributed by atoms with Crippen LogP contribution in [0, 0.1) is 0 Å². The highest BCUT2D eigenvalue weighted by Crippen LogP contribution is 2.36. The molecule has 2 rings (SSSR count). The predicted molar refractivity (Wildman–Crippen MR) is 71.8 cm³/mol. The molecule has 1 aliphatic rings. The minimum absolute atomic E-state index is 0.126. The van der Waals surface area contributed by atoms with Crippen LogP contribution in [0.2, 0.25) is 0 Å². The number of benzene rings is 1. The van der Waals surface area contributed by atoms with Crippen LogP contribution in [-0.4, -0.2) is 31.9 Å². The fraction of sp³-hybridized carbons (Fsp3) is 0.571. The van der Waals surface area contributed by atoms with Gasteiger partial charge in [0.05, 0.1) is 19.3 Å². The van der Waals surface area contributed by atoms with E-state index in [-0.39, 0.29) is 12.1 Å². The minimum atomic E-state index is -0.217. The second-order valence-electron chi connectivity index (χ2n) is 4.81. The highest BCUT2D eigenvalue weighted by Gasteiger charge is 2.34. The summed E-state index contributed by atoms with van der Waals surface area (Å²) in [6.45, 7) is 1.22. The summed E-state index contributed by atoms with van der Waals surface area (Å²) in [6.07, 6.45) is 3.21. The van der Waals surface area contributed by atoms with Crippen LogP contribution in [0.5, 0.6) is 5.75 Å². The number of aryl methyl sites for hydroxylation is 1. The lowest BCUT2D eigenvalue weighted by Gasteiger charge is -2.39. The smallest absolute Gasteiger partial charge is 0.119 e. The van der Waals surface area contributed by atoms with Gasteiger partial charge in [-0.3, -0.25) is 0 Å². The Morgan fingerprint density at radius 2 is 2.33 bits per heavy atom. The van der Waals surface area contributed by atoms with E-state index in [1.54, 1.807) is 7.11 Å². The maximum Gasteiger partial charge on any atom is 0.119 e. The van der Waals surface area contributed by atoms with Crippen molar-refractivity contribution in [1.82, 2.24) is 5.32 Å². The van der Waals surface area contributed by atoms with E-state index in [2.05, 4.69) is 17.4 Å². The van der Waals surface area contributed by atoms with Crippen LogP contribution in [0.15, 0.2) is 18.2 Å². The van der Waals surface area contributed by atoms with Gasteiger partial charge in [0.25, 0.3) is 0 Å². The van der Waals surface area contributed by atoms with E-state index >= 15 is 0 Å². The van der Waals surface area contributed by atoms with E-state index in [1.807, 2.05) is 6.07 Å². The maximum absolute atomic E-state index is 9.03. The molecule has 0 fully saturated rings. The summed E-state index contributed by atoms with van der Waals surface area (Å²) in [4.78, 5) is 0. The Hall–Kier alpha value is -1.10. The van der Waals surface area contributed by atoms with Crippen molar-refractivity contribution in [3.05, 3.63) is 29.3 Å². The summed E-state index contributed by atoms with van der Waals surface area (Å²) in [7, 11) is 1.68. The van der Waals surface area contributed by atoms with Crippen LogP contribution in [-0.2, 0) is 12.0 Å². The average molecular weight is 250 g/mol. The Labute approximate surface area is 108 Å². The Bertz CT molecular complexity index is 409. The summed E-state index contributed by atoms with van der Waals surface area (Å²) < 4.78 is 5.30. The van der Waals surface area contributed by atoms with Crippen molar-refractivity contribution in [1.29, 1.82) is 0 Å². The number of aliphatic hydroxyl groups excluding tert-OH is 1. The van der Waals surface area contributed by atoms with Crippen LogP contribution in [0.3, 0.4) is 0 Å². The largest absolute Gasteiger partial charge is 0.497 e. The molecule has 4 nitrogen and oxygen atoms in total. The van der Waals surface area contributed by atoms with Crippen molar-refractivity contribution in [2.24, 2.45) is 5.73 Å². The molecule has 1 aromatic carbocycles. The molecule has 0 aromatic heterocycles. The summed E-state index contributed by atoms with van der Waals surface area (Å²) >= 11 is 0. The average Bonchev–Trinajstić information content (AvgIpc) is 2.44. The van der Waals surface area contributed by atoms with Gasteiger partial charge >= 0.3 is 0 Å². The molecular weight excluding hydrogens is 228 g/mol. The van der Waals surface area contributed by atoms with E-state index in [0.29, 0.717) is 13.1 Å². The number of nitrogens with two attached hydrogens (primary N) is 1. The Morgan fingerprint density at radius 1 is 1.50 bits per heavy atom. The summed E-state index contributed by atoms with van der Waals surface area (Å²) in [6, 6.07) is 6.20. The van der Waals surface area contributed by atoms with E-state index in [9.17, 15) is 0 Å². The van der Waals surface area contributed by atoms with Crippen LogP contribution in [0.25, 0.3) is 0 Å². The zero-order valence-electron chi connectivity index (χ0n) is 10.9. The summed E-state index contributed by atoms with van der Waals surface area (Å²) in [5.41, 5.74) is 8.34. The zero-order valence-corrected chi connectivity index (χ0v) is 10.9. The Kier molecular flexibility index (Phi) is 4.22. The van der Waals surface area contributed by atoms with Gasteiger partial charge < -0.3 is 20.9 Å². The highest BCUT2D eigenvalue weighted by atomic mass is 16.5. The van der Waals surface area contributed by atoms with Gasteiger partial charge in [-0.15, -0.1) is 0 Å². The van der Waals surface area contributed by atoms with Crippen molar-refractivity contribution in [2.75, 3.05) is 26.8 Å². The van der Waals surface area contributed by atoms with Gasteiger partial charge in [0, 0.05) is 13.1 Å². The number of rotatable bonds is 5. The normalized spacial score (nSPS) is 22.6. The van der Waals surface area contributed by atoms with Crippen molar-refractivity contribution < 1.29 is 9.84 Å². The SMILES string of the molecule is COc1ccc2c(c1)C(CN)(NCCO)CCC2. The first-order valence-electron chi connectivity index (χ1n) is 6.49. The molecule has 4 heteroatoms. The monoisotopic (exact) mass is 250 g/mol. The first-order chi connectivity index (χ1) is 8.75. The Morgan fingerprint density at radius 3 is 3.00 bits per heavy atom. The third kappa shape index (κ3) is 2.36. The summed E-state index contributed by atoms with van der Waals surface area (Å²) in [5, 5.41) is 12.4. The molecule has 0 radical (unpaired) electrons. The van der Waals surface area contributed by atoms with E-state index in [1.165, 1.54) is 11.1 Å². The predicted octanol–water partition coefficient (Wildman–Crippen LogP) is 0.767. The number of ether oxygens (including phenoxy) is 1. The van der Waals surface area contributed by atoms with E-state index in [0.717, 1.165) is 25.0 Å². The summed E-state index contributed by atoms with van der Waals surface area (Å²) in [5.74, 6) is 0.860. The molecule has 0 spiro atoms. The quantitative estimate of drug-likeness (QED) is 0.722. The number of nitrogens with one attached hydrogen (secondary N) is 1. The standard InChI is InChI=1S/C14H22N2O2/c1-18-12-5-4-11-3-2-6-14(10-15,13(11)9-12)16-7-8-17/h4-5,9,16-17H,2-3,6-8,10,15H2,1H3. The van der Waals surface area contributed by atoms with Crippen molar-refractivity contribution in [3.63, 3.8) is 0 Å². The van der Waals surface area contributed by atoms with Crippen molar-refractivity contribution in [2.45, 2.75) is 24.8 Å². The van der Waals surface area contributed by atoms with Crippen LogP contribution < -0.4 is 15.8 Å². The fourth-order valence-electron chi connectivity index (χ4n) is 2.82. The van der Waals surface area contributed by atoms with Crippen LogP contribution in [0.1, 0.15) is 24.0 Å². The Balaban J connectivity index is 2.39. The topological polar surface area (TPSA) is 67.5 Å². The first-order valence-corrected chi connectivity index (χ1v) is 6.49. The number of fused-ring (bicyclic) bond motifs is 1.